The molecule has 2 aromatic heterocycles. The molecule has 0 bridgehead atoms. The molecule has 0 aliphatic rings. The van der Waals surface area contributed by atoms with Gasteiger partial charge < -0.3 is 8.83 Å². The van der Waals surface area contributed by atoms with Crippen LogP contribution in [-0.4, -0.2) is 5.78 Å². The summed E-state index contributed by atoms with van der Waals surface area (Å²) >= 11 is 3.16. The van der Waals surface area contributed by atoms with Crippen molar-refractivity contribution in [3.8, 4) is 0 Å². The van der Waals surface area contributed by atoms with Gasteiger partial charge >= 0.3 is 0 Å². The molecule has 0 spiro atoms. The molecule has 2 aromatic rings. The van der Waals surface area contributed by atoms with E-state index in [0.29, 0.717) is 15.8 Å². The Balaban J connectivity index is 2.44. The highest BCUT2D eigenvalue weighted by Gasteiger charge is 2.17. The van der Waals surface area contributed by atoms with Crippen LogP contribution in [0, 0.1) is 6.92 Å². The molecule has 0 aliphatic heterocycles. The Morgan fingerprint density at radius 2 is 2.14 bits per heavy atom. The van der Waals surface area contributed by atoms with Crippen molar-refractivity contribution in [2.75, 3.05) is 0 Å². The van der Waals surface area contributed by atoms with Crippen molar-refractivity contribution < 1.29 is 13.6 Å². The zero-order chi connectivity index (χ0) is 10.1. The molecule has 2 rings (SSSR count). The smallest absolute Gasteiger partial charge is 0.200 e. The second-order valence-corrected chi connectivity index (χ2v) is 3.63. The van der Waals surface area contributed by atoms with Crippen molar-refractivity contribution in [2.45, 2.75) is 6.92 Å². The quantitative estimate of drug-likeness (QED) is 0.774. The summed E-state index contributed by atoms with van der Waals surface area (Å²) < 4.78 is 10.4. The summed E-state index contributed by atoms with van der Waals surface area (Å²) in [5.41, 5.74) is 1.89. The number of ketones is 1. The molecule has 0 unspecified atom stereocenters. The summed E-state index contributed by atoms with van der Waals surface area (Å²) in [7, 11) is 0. The topological polar surface area (TPSA) is 43.4 Å². The summed E-state index contributed by atoms with van der Waals surface area (Å²) in [5.74, 6) is -0.100. The SMILES string of the molecule is Cc1cocc1C(=O)c1ccoc1Br. The van der Waals surface area contributed by atoms with Gasteiger partial charge in [0.1, 0.15) is 6.26 Å². The predicted octanol–water partition coefficient (Wildman–Crippen LogP) is 3.17. The highest BCUT2D eigenvalue weighted by Crippen LogP contribution is 2.22. The Hall–Kier alpha value is -1.29. The maximum Gasteiger partial charge on any atom is 0.200 e. The molecule has 14 heavy (non-hydrogen) atoms. The summed E-state index contributed by atoms with van der Waals surface area (Å²) in [4.78, 5) is 11.9. The van der Waals surface area contributed by atoms with E-state index in [-0.39, 0.29) is 5.78 Å². The number of carbonyl (C=O) groups is 1. The molecule has 3 nitrogen and oxygen atoms in total. The van der Waals surface area contributed by atoms with E-state index in [2.05, 4.69) is 15.9 Å². The average molecular weight is 255 g/mol. The maximum absolute atomic E-state index is 11.9. The number of furan rings is 2. The fourth-order valence-corrected chi connectivity index (χ4v) is 1.61. The number of hydrogen-bond donors (Lipinski definition) is 0. The summed E-state index contributed by atoms with van der Waals surface area (Å²) in [6, 6.07) is 1.62. The number of carbonyl (C=O) groups excluding carboxylic acids is 1. The van der Waals surface area contributed by atoms with Crippen LogP contribution in [0.2, 0.25) is 0 Å². The van der Waals surface area contributed by atoms with E-state index in [9.17, 15) is 4.79 Å². The summed E-state index contributed by atoms with van der Waals surface area (Å²) in [5, 5.41) is 0. The first-order valence-corrected chi connectivity index (χ1v) is 4.80. The Kier molecular flexibility index (Phi) is 2.29. The lowest BCUT2D eigenvalue weighted by Gasteiger charge is -1.94. The minimum atomic E-state index is -0.100. The van der Waals surface area contributed by atoms with Crippen molar-refractivity contribution in [3.05, 3.63) is 46.2 Å². The van der Waals surface area contributed by atoms with E-state index >= 15 is 0 Å². The predicted molar refractivity (Wildman–Crippen MR) is 53.3 cm³/mol. The van der Waals surface area contributed by atoms with Crippen LogP contribution < -0.4 is 0 Å². The lowest BCUT2D eigenvalue weighted by Crippen LogP contribution is -2.00. The van der Waals surface area contributed by atoms with Gasteiger partial charge in [-0.25, -0.2) is 0 Å². The molecule has 0 aromatic carbocycles. The van der Waals surface area contributed by atoms with Crippen LogP contribution >= 0.6 is 15.9 Å². The molecule has 2 heterocycles. The van der Waals surface area contributed by atoms with E-state index in [4.69, 9.17) is 8.83 Å². The van der Waals surface area contributed by atoms with Gasteiger partial charge in [-0.1, -0.05) is 0 Å². The van der Waals surface area contributed by atoms with Crippen LogP contribution in [-0.2, 0) is 0 Å². The van der Waals surface area contributed by atoms with Crippen LogP contribution in [0.25, 0.3) is 0 Å². The monoisotopic (exact) mass is 254 g/mol. The van der Waals surface area contributed by atoms with Crippen LogP contribution in [0.1, 0.15) is 21.5 Å². The first-order chi connectivity index (χ1) is 6.70. The van der Waals surface area contributed by atoms with E-state index in [0.717, 1.165) is 5.56 Å². The van der Waals surface area contributed by atoms with Crippen molar-refractivity contribution in [2.24, 2.45) is 0 Å². The molecule has 72 valence electrons. The van der Waals surface area contributed by atoms with Gasteiger partial charge in [0.15, 0.2) is 4.67 Å². The molecule has 0 amide bonds. The first-order valence-electron chi connectivity index (χ1n) is 4.00. The molecular formula is C10H7BrO3. The van der Waals surface area contributed by atoms with Gasteiger partial charge in [0.25, 0.3) is 0 Å². The zero-order valence-corrected chi connectivity index (χ0v) is 9.00. The summed E-state index contributed by atoms with van der Waals surface area (Å²) in [6.45, 7) is 1.82. The van der Waals surface area contributed by atoms with Crippen molar-refractivity contribution in [1.29, 1.82) is 0 Å². The minimum Gasteiger partial charge on any atom is -0.472 e. The zero-order valence-electron chi connectivity index (χ0n) is 7.41. The molecule has 4 heteroatoms. The van der Waals surface area contributed by atoms with E-state index in [1.165, 1.54) is 12.5 Å². The molecule has 0 radical (unpaired) electrons. The Bertz CT molecular complexity index is 425. The highest BCUT2D eigenvalue weighted by atomic mass is 79.9. The summed E-state index contributed by atoms with van der Waals surface area (Å²) in [6.07, 6.45) is 4.45. The molecule has 0 saturated carbocycles. The van der Waals surface area contributed by atoms with Gasteiger partial charge in [0, 0.05) is 0 Å². The standard InChI is InChI=1S/C10H7BrO3/c1-6-4-13-5-8(6)9(12)7-2-3-14-10(7)11/h2-5H,1H3. The molecule has 0 saturated heterocycles. The van der Waals surface area contributed by atoms with Crippen LogP contribution in [0.3, 0.4) is 0 Å². The third kappa shape index (κ3) is 1.42. The Morgan fingerprint density at radius 1 is 1.36 bits per heavy atom. The molecule has 0 N–H and O–H groups in total. The largest absolute Gasteiger partial charge is 0.472 e. The van der Waals surface area contributed by atoms with E-state index in [1.54, 1.807) is 12.3 Å². The molecular weight excluding hydrogens is 248 g/mol. The molecule has 0 aliphatic carbocycles. The van der Waals surface area contributed by atoms with Gasteiger partial charge in [-0.15, -0.1) is 0 Å². The van der Waals surface area contributed by atoms with Crippen LogP contribution in [0.15, 0.2) is 38.4 Å². The van der Waals surface area contributed by atoms with Crippen LogP contribution in [0.5, 0.6) is 0 Å². The van der Waals surface area contributed by atoms with Gasteiger partial charge in [0.2, 0.25) is 5.78 Å². The molecule has 0 atom stereocenters. The average Bonchev–Trinajstić information content (AvgIpc) is 2.73. The number of hydrogen-bond acceptors (Lipinski definition) is 3. The first kappa shape index (κ1) is 9.27. The van der Waals surface area contributed by atoms with E-state index in [1.807, 2.05) is 6.92 Å². The second-order valence-electron chi connectivity index (χ2n) is 2.91. The fraction of sp³-hybridized carbons (Fsp3) is 0.100. The van der Waals surface area contributed by atoms with Crippen molar-refractivity contribution >= 4 is 21.7 Å². The number of aryl methyl sites for hydroxylation is 1. The normalized spacial score (nSPS) is 10.4. The minimum absolute atomic E-state index is 0.100. The Morgan fingerprint density at radius 3 is 2.64 bits per heavy atom. The Labute approximate surface area is 88.8 Å². The maximum atomic E-state index is 11.9. The lowest BCUT2D eigenvalue weighted by molar-refractivity contribution is 0.103. The van der Waals surface area contributed by atoms with E-state index < -0.39 is 0 Å². The lowest BCUT2D eigenvalue weighted by atomic mass is 10.1. The highest BCUT2D eigenvalue weighted by molar-refractivity contribution is 9.10. The van der Waals surface area contributed by atoms with Crippen molar-refractivity contribution in [1.82, 2.24) is 0 Å². The number of halogens is 1. The number of rotatable bonds is 2. The second kappa shape index (κ2) is 3.46. The third-order valence-corrected chi connectivity index (χ3v) is 2.58. The fourth-order valence-electron chi connectivity index (χ4n) is 1.19. The van der Waals surface area contributed by atoms with Gasteiger partial charge in [-0.3, -0.25) is 4.79 Å². The van der Waals surface area contributed by atoms with Gasteiger partial charge in [0.05, 0.1) is 23.7 Å². The van der Waals surface area contributed by atoms with Crippen molar-refractivity contribution in [3.63, 3.8) is 0 Å². The molecule has 0 fully saturated rings. The van der Waals surface area contributed by atoms with Gasteiger partial charge in [-0.2, -0.15) is 0 Å². The van der Waals surface area contributed by atoms with Gasteiger partial charge in [-0.05, 0) is 34.5 Å². The van der Waals surface area contributed by atoms with Crippen LogP contribution in [0.4, 0.5) is 0 Å². The third-order valence-electron chi connectivity index (χ3n) is 1.96.